The summed E-state index contributed by atoms with van der Waals surface area (Å²) < 4.78 is 5.26. The molecule has 0 unspecified atom stereocenters. The number of methoxy groups -OCH3 is 1. The van der Waals surface area contributed by atoms with E-state index >= 15 is 0 Å². The van der Waals surface area contributed by atoms with E-state index in [1.807, 2.05) is 64.4 Å². The van der Waals surface area contributed by atoms with Gasteiger partial charge in [-0.3, -0.25) is 9.59 Å². The van der Waals surface area contributed by atoms with Crippen LogP contribution in [-0.2, 0) is 6.54 Å². The summed E-state index contributed by atoms with van der Waals surface area (Å²) in [6, 6.07) is 19.4. The van der Waals surface area contributed by atoms with Gasteiger partial charge in [0, 0.05) is 37.1 Å². The number of aromatic nitrogens is 1. The molecule has 0 atom stereocenters. The number of carbonyl (C=O) groups is 2. The van der Waals surface area contributed by atoms with Crippen LogP contribution in [0, 0.1) is 0 Å². The highest BCUT2D eigenvalue weighted by atomic mass is 16.5. The minimum absolute atomic E-state index is 0.0344. The van der Waals surface area contributed by atoms with Gasteiger partial charge in [0.15, 0.2) is 5.78 Å². The largest absolute Gasteiger partial charge is 0.497 e. The normalized spacial score (nSPS) is 13.3. The number of nitrogens with one attached hydrogen (secondary N) is 1. The van der Waals surface area contributed by atoms with Gasteiger partial charge in [0.05, 0.1) is 13.7 Å². The molecule has 1 N–H and O–H groups in total. The van der Waals surface area contributed by atoms with Gasteiger partial charge in [0.25, 0.3) is 5.91 Å². The summed E-state index contributed by atoms with van der Waals surface area (Å²) in [5.74, 6) is 0.696. The first-order chi connectivity index (χ1) is 15.1. The highest BCUT2D eigenvalue weighted by molar-refractivity contribution is 6.02. The first-order valence-electron chi connectivity index (χ1n) is 10.6. The fraction of sp³-hybridized carbons (Fsp3) is 0.280. The molecular formula is C25H27N3O3. The number of likely N-dealkylation sites (tertiary alicyclic amines) is 1. The molecule has 2 aromatic carbocycles. The predicted molar refractivity (Wildman–Crippen MR) is 121 cm³/mol. The number of amides is 1. The Kier molecular flexibility index (Phi) is 6.36. The summed E-state index contributed by atoms with van der Waals surface area (Å²) in [6.07, 6.45) is 3.71. The van der Waals surface area contributed by atoms with Crippen molar-refractivity contribution >= 4 is 17.4 Å². The van der Waals surface area contributed by atoms with Crippen LogP contribution in [0.3, 0.4) is 0 Å². The molecular weight excluding hydrogens is 390 g/mol. The Bertz CT molecular complexity index is 1020. The van der Waals surface area contributed by atoms with Crippen molar-refractivity contribution in [3.63, 3.8) is 0 Å². The predicted octanol–water partition coefficient (Wildman–Crippen LogP) is 4.15. The third-order valence-electron chi connectivity index (χ3n) is 5.62. The first-order valence-corrected chi connectivity index (χ1v) is 10.6. The van der Waals surface area contributed by atoms with E-state index in [0.717, 1.165) is 42.9 Å². The topological polar surface area (TPSA) is 65.6 Å². The monoisotopic (exact) mass is 417 g/mol. The van der Waals surface area contributed by atoms with Crippen molar-refractivity contribution in [2.75, 3.05) is 31.6 Å². The van der Waals surface area contributed by atoms with Gasteiger partial charge in [-0.25, -0.2) is 0 Å². The van der Waals surface area contributed by atoms with Gasteiger partial charge in [0.2, 0.25) is 0 Å². The number of Topliss-reactive ketones (excluding diaryl/α,β-unsaturated/α-hetero) is 1. The minimum Gasteiger partial charge on any atom is -0.497 e. The Morgan fingerprint density at radius 1 is 1.03 bits per heavy atom. The number of ketones is 1. The number of ether oxygens (including phenoxy) is 1. The molecule has 2 heterocycles. The molecule has 1 aliphatic rings. The van der Waals surface area contributed by atoms with E-state index in [0.29, 0.717) is 17.8 Å². The van der Waals surface area contributed by atoms with Crippen LogP contribution in [0.25, 0.3) is 0 Å². The molecule has 1 aliphatic heterocycles. The number of aromatic amines is 1. The zero-order valence-electron chi connectivity index (χ0n) is 17.7. The summed E-state index contributed by atoms with van der Waals surface area (Å²) in [4.78, 5) is 32.5. The number of hydrogen-bond acceptors (Lipinski definition) is 4. The third-order valence-corrected chi connectivity index (χ3v) is 5.62. The average molecular weight is 418 g/mol. The number of carbonyl (C=O) groups excluding carboxylic acids is 2. The SMILES string of the molecule is COc1ccc(N(CC(=O)c2c[nH]c(C(=O)N3CCCC3)c2)Cc2ccccc2)cc1. The molecule has 6 heteroatoms. The van der Waals surface area contributed by atoms with Gasteiger partial charge >= 0.3 is 0 Å². The lowest BCUT2D eigenvalue weighted by atomic mass is 10.1. The molecule has 0 spiro atoms. The minimum atomic E-state index is -0.0385. The number of rotatable bonds is 8. The lowest BCUT2D eigenvalue weighted by Crippen LogP contribution is -2.29. The van der Waals surface area contributed by atoms with Crippen LogP contribution in [0.5, 0.6) is 5.75 Å². The van der Waals surface area contributed by atoms with Crippen molar-refractivity contribution < 1.29 is 14.3 Å². The molecule has 1 fully saturated rings. The molecule has 0 radical (unpaired) electrons. The van der Waals surface area contributed by atoms with Gasteiger partial charge in [-0.1, -0.05) is 30.3 Å². The van der Waals surface area contributed by atoms with Crippen molar-refractivity contribution in [3.8, 4) is 5.75 Å². The summed E-state index contributed by atoms with van der Waals surface area (Å²) in [6.45, 7) is 2.37. The van der Waals surface area contributed by atoms with Crippen molar-refractivity contribution in [2.24, 2.45) is 0 Å². The lowest BCUT2D eigenvalue weighted by Gasteiger charge is -2.24. The van der Waals surface area contributed by atoms with E-state index in [4.69, 9.17) is 4.74 Å². The molecule has 0 saturated carbocycles. The third kappa shape index (κ3) is 4.97. The fourth-order valence-corrected chi connectivity index (χ4v) is 3.87. The van der Waals surface area contributed by atoms with E-state index in [1.165, 1.54) is 0 Å². The Hall–Kier alpha value is -3.54. The van der Waals surface area contributed by atoms with E-state index in [9.17, 15) is 9.59 Å². The standard InChI is InChI=1S/C25H27N3O3/c1-31-22-11-9-21(10-12-22)28(17-19-7-3-2-4-8-19)18-24(29)20-15-23(26-16-20)25(30)27-13-5-6-14-27/h2-4,7-12,15-16,26H,5-6,13-14,17-18H2,1H3. The molecule has 0 aliphatic carbocycles. The van der Waals surface area contributed by atoms with Crippen LogP contribution in [0.1, 0.15) is 39.3 Å². The second kappa shape index (κ2) is 9.51. The maximum absolute atomic E-state index is 13.1. The number of benzene rings is 2. The van der Waals surface area contributed by atoms with Crippen LogP contribution < -0.4 is 9.64 Å². The van der Waals surface area contributed by atoms with E-state index in [-0.39, 0.29) is 18.2 Å². The Morgan fingerprint density at radius 2 is 1.74 bits per heavy atom. The van der Waals surface area contributed by atoms with Crippen LogP contribution in [-0.4, -0.2) is 48.3 Å². The molecule has 1 saturated heterocycles. The van der Waals surface area contributed by atoms with Crippen LogP contribution in [0.2, 0.25) is 0 Å². The van der Waals surface area contributed by atoms with E-state index < -0.39 is 0 Å². The maximum atomic E-state index is 13.1. The summed E-state index contributed by atoms with van der Waals surface area (Å²) in [5, 5.41) is 0. The quantitative estimate of drug-likeness (QED) is 0.559. The zero-order valence-corrected chi connectivity index (χ0v) is 17.7. The number of nitrogens with zero attached hydrogens (tertiary/aromatic N) is 2. The van der Waals surface area contributed by atoms with E-state index in [1.54, 1.807) is 19.4 Å². The van der Waals surface area contributed by atoms with Crippen molar-refractivity contribution in [1.29, 1.82) is 0 Å². The average Bonchev–Trinajstić information content (AvgIpc) is 3.52. The first kappa shape index (κ1) is 20.7. The summed E-state index contributed by atoms with van der Waals surface area (Å²) in [5.41, 5.74) is 3.05. The van der Waals surface area contributed by atoms with Crippen LogP contribution >= 0.6 is 0 Å². The molecule has 0 bridgehead atoms. The molecule has 31 heavy (non-hydrogen) atoms. The van der Waals surface area contributed by atoms with Crippen LogP contribution in [0.4, 0.5) is 5.69 Å². The fourth-order valence-electron chi connectivity index (χ4n) is 3.87. The Labute approximate surface area is 182 Å². The van der Waals surface area contributed by atoms with Crippen molar-refractivity contribution in [1.82, 2.24) is 9.88 Å². The zero-order chi connectivity index (χ0) is 21.6. The van der Waals surface area contributed by atoms with Gasteiger partial charge in [-0.05, 0) is 48.7 Å². The second-order valence-electron chi connectivity index (χ2n) is 7.76. The number of H-pyrrole nitrogens is 1. The lowest BCUT2D eigenvalue weighted by molar-refractivity contribution is 0.0787. The van der Waals surface area contributed by atoms with Gasteiger partial charge in [-0.15, -0.1) is 0 Å². The van der Waals surface area contributed by atoms with E-state index in [2.05, 4.69) is 4.98 Å². The molecule has 6 nitrogen and oxygen atoms in total. The number of hydrogen-bond donors (Lipinski definition) is 1. The summed E-state index contributed by atoms with van der Waals surface area (Å²) in [7, 11) is 1.63. The van der Waals surface area contributed by atoms with Gasteiger partial charge in [-0.2, -0.15) is 0 Å². The highest BCUT2D eigenvalue weighted by Crippen LogP contribution is 2.22. The van der Waals surface area contributed by atoms with Gasteiger partial charge in [0.1, 0.15) is 11.4 Å². The molecule has 1 amide bonds. The van der Waals surface area contributed by atoms with Crippen molar-refractivity contribution in [3.05, 3.63) is 83.7 Å². The Balaban J connectivity index is 1.51. The molecule has 160 valence electrons. The molecule has 1 aromatic heterocycles. The van der Waals surface area contributed by atoms with Crippen LogP contribution in [0.15, 0.2) is 66.9 Å². The second-order valence-corrected chi connectivity index (χ2v) is 7.76. The van der Waals surface area contributed by atoms with Crippen molar-refractivity contribution in [2.45, 2.75) is 19.4 Å². The highest BCUT2D eigenvalue weighted by Gasteiger charge is 2.22. The van der Waals surface area contributed by atoms with Gasteiger partial charge < -0.3 is 19.5 Å². The maximum Gasteiger partial charge on any atom is 0.270 e. The number of anilines is 1. The smallest absolute Gasteiger partial charge is 0.270 e. The Morgan fingerprint density at radius 3 is 2.42 bits per heavy atom. The molecule has 3 aromatic rings. The molecule has 4 rings (SSSR count). The summed E-state index contributed by atoms with van der Waals surface area (Å²) >= 11 is 0.